The standard InChI is InChI=1S/C20H19FN4O3/c1-10-2-4-12-6-13(21)7-14-17(12)25(10)20(28)16(18(14)26)19(27)24-9-11-3-5-15(22)23-8-11/h3,5-8,10,26H,2,4,9H2,1H3,(H2,22,23)(H,24,27). The summed E-state index contributed by atoms with van der Waals surface area (Å²) in [6, 6.07) is 5.66. The highest BCUT2D eigenvalue weighted by molar-refractivity contribution is 6.03. The molecule has 2 aromatic heterocycles. The molecule has 0 radical (unpaired) electrons. The summed E-state index contributed by atoms with van der Waals surface area (Å²) in [5.41, 5.74) is 6.39. The van der Waals surface area contributed by atoms with Gasteiger partial charge in [0.15, 0.2) is 0 Å². The fraction of sp³-hybridized carbons (Fsp3) is 0.250. The third kappa shape index (κ3) is 2.87. The zero-order chi connectivity index (χ0) is 20.0. The first-order chi connectivity index (χ1) is 13.4. The van der Waals surface area contributed by atoms with Crippen LogP contribution < -0.4 is 16.6 Å². The number of nitrogens with two attached hydrogens (primary N) is 1. The van der Waals surface area contributed by atoms with E-state index in [9.17, 15) is 19.1 Å². The Morgan fingerprint density at radius 3 is 2.93 bits per heavy atom. The first kappa shape index (κ1) is 18.0. The summed E-state index contributed by atoms with van der Waals surface area (Å²) >= 11 is 0. The molecule has 144 valence electrons. The van der Waals surface area contributed by atoms with Gasteiger partial charge in [-0.2, -0.15) is 0 Å². The van der Waals surface area contributed by atoms with Gasteiger partial charge in [-0.05, 0) is 49.1 Å². The van der Waals surface area contributed by atoms with Gasteiger partial charge in [-0.25, -0.2) is 9.37 Å². The molecule has 1 amide bonds. The van der Waals surface area contributed by atoms with Gasteiger partial charge in [0, 0.05) is 24.2 Å². The van der Waals surface area contributed by atoms with E-state index in [0.717, 1.165) is 6.07 Å². The van der Waals surface area contributed by atoms with E-state index in [2.05, 4.69) is 10.3 Å². The number of hydrogen-bond acceptors (Lipinski definition) is 5. The summed E-state index contributed by atoms with van der Waals surface area (Å²) in [7, 11) is 0. The van der Waals surface area contributed by atoms with Crippen molar-refractivity contribution in [2.45, 2.75) is 32.4 Å². The van der Waals surface area contributed by atoms with Crippen LogP contribution in [0.2, 0.25) is 0 Å². The van der Waals surface area contributed by atoms with E-state index < -0.39 is 23.0 Å². The molecule has 4 rings (SSSR count). The number of nitrogens with zero attached hydrogens (tertiary/aromatic N) is 2. The average Bonchev–Trinajstić information content (AvgIpc) is 2.66. The van der Waals surface area contributed by atoms with Crippen LogP contribution in [0.3, 0.4) is 0 Å². The number of benzene rings is 1. The van der Waals surface area contributed by atoms with E-state index in [4.69, 9.17) is 5.73 Å². The molecule has 1 atom stereocenters. The second kappa shape index (κ2) is 6.63. The summed E-state index contributed by atoms with van der Waals surface area (Å²) in [5.74, 6) is -1.39. The van der Waals surface area contributed by atoms with Crippen molar-refractivity contribution >= 4 is 22.6 Å². The molecule has 8 heteroatoms. The Kier molecular flexibility index (Phi) is 4.26. The van der Waals surface area contributed by atoms with E-state index in [1.807, 2.05) is 6.92 Å². The molecular weight excluding hydrogens is 363 g/mol. The van der Waals surface area contributed by atoms with E-state index in [1.54, 1.807) is 12.1 Å². The van der Waals surface area contributed by atoms with Crippen molar-refractivity contribution in [3.63, 3.8) is 0 Å². The van der Waals surface area contributed by atoms with Crippen molar-refractivity contribution < 1.29 is 14.3 Å². The fourth-order valence-electron chi connectivity index (χ4n) is 3.70. The van der Waals surface area contributed by atoms with E-state index >= 15 is 0 Å². The third-order valence-electron chi connectivity index (χ3n) is 5.12. The maximum atomic E-state index is 14.0. The lowest BCUT2D eigenvalue weighted by atomic mass is 9.95. The summed E-state index contributed by atoms with van der Waals surface area (Å²) < 4.78 is 15.5. The number of amides is 1. The number of carbonyl (C=O) groups is 1. The average molecular weight is 382 g/mol. The number of nitrogen functional groups attached to an aromatic ring is 1. The van der Waals surface area contributed by atoms with Crippen molar-refractivity contribution in [3.8, 4) is 5.75 Å². The van der Waals surface area contributed by atoms with Crippen molar-refractivity contribution in [1.82, 2.24) is 14.9 Å². The highest BCUT2D eigenvalue weighted by atomic mass is 19.1. The summed E-state index contributed by atoms with van der Waals surface area (Å²) in [5, 5.41) is 13.4. The zero-order valence-electron chi connectivity index (χ0n) is 15.2. The van der Waals surface area contributed by atoms with Crippen LogP contribution in [0.5, 0.6) is 5.75 Å². The summed E-state index contributed by atoms with van der Waals surface area (Å²) in [6.45, 7) is 1.97. The monoisotopic (exact) mass is 382 g/mol. The number of nitrogens with one attached hydrogen (secondary N) is 1. The number of halogens is 1. The molecule has 0 spiro atoms. The normalized spacial score (nSPS) is 15.6. The number of aromatic hydroxyl groups is 1. The number of rotatable bonds is 3. The summed E-state index contributed by atoms with van der Waals surface area (Å²) in [4.78, 5) is 29.7. The first-order valence-electron chi connectivity index (χ1n) is 8.95. The molecule has 1 aliphatic rings. The lowest BCUT2D eigenvalue weighted by Gasteiger charge is -2.26. The van der Waals surface area contributed by atoms with Crippen molar-refractivity contribution in [2.24, 2.45) is 0 Å². The quantitative estimate of drug-likeness (QED) is 0.644. The van der Waals surface area contributed by atoms with E-state index in [-0.39, 0.29) is 23.5 Å². The molecule has 7 nitrogen and oxygen atoms in total. The van der Waals surface area contributed by atoms with Gasteiger partial charge in [0.1, 0.15) is 22.9 Å². The molecule has 4 N–H and O–H groups in total. The Hall–Kier alpha value is -3.42. The van der Waals surface area contributed by atoms with Crippen LogP contribution in [-0.2, 0) is 13.0 Å². The Labute approximate surface area is 159 Å². The second-order valence-electron chi connectivity index (χ2n) is 7.02. The minimum atomic E-state index is -0.728. The van der Waals surface area contributed by atoms with Gasteiger partial charge >= 0.3 is 0 Å². The first-order valence-corrected chi connectivity index (χ1v) is 8.95. The van der Waals surface area contributed by atoms with Gasteiger partial charge in [-0.15, -0.1) is 0 Å². The van der Waals surface area contributed by atoms with Crippen molar-refractivity contribution in [2.75, 3.05) is 5.73 Å². The lowest BCUT2D eigenvalue weighted by molar-refractivity contribution is 0.0946. The van der Waals surface area contributed by atoms with Crippen LogP contribution in [0, 0.1) is 5.82 Å². The number of aryl methyl sites for hydroxylation is 1. The largest absolute Gasteiger partial charge is 0.506 e. The van der Waals surface area contributed by atoms with Crippen LogP contribution in [0.25, 0.3) is 10.9 Å². The van der Waals surface area contributed by atoms with Crippen LogP contribution >= 0.6 is 0 Å². The lowest BCUT2D eigenvalue weighted by Crippen LogP contribution is -2.36. The van der Waals surface area contributed by atoms with Gasteiger partial charge in [0.05, 0.1) is 5.52 Å². The SMILES string of the molecule is CC1CCc2cc(F)cc3c(O)c(C(=O)NCc4ccc(N)nc4)c(=O)n1c23. The fourth-order valence-corrected chi connectivity index (χ4v) is 3.70. The Balaban J connectivity index is 1.80. The molecule has 0 fully saturated rings. The van der Waals surface area contributed by atoms with Crippen molar-refractivity contribution in [3.05, 3.63) is 63.3 Å². The van der Waals surface area contributed by atoms with E-state index in [1.165, 1.54) is 16.8 Å². The van der Waals surface area contributed by atoms with Crippen LogP contribution in [0.4, 0.5) is 10.2 Å². The Morgan fingerprint density at radius 2 is 2.21 bits per heavy atom. The third-order valence-corrected chi connectivity index (χ3v) is 5.12. The molecule has 0 bridgehead atoms. The number of carbonyl (C=O) groups excluding carboxylic acids is 1. The molecule has 3 aromatic rings. The molecule has 1 unspecified atom stereocenters. The molecule has 1 aliphatic heterocycles. The van der Waals surface area contributed by atoms with Crippen LogP contribution in [0.1, 0.15) is 40.9 Å². The maximum Gasteiger partial charge on any atom is 0.267 e. The minimum Gasteiger partial charge on any atom is -0.506 e. The van der Waals surface area contributed by atoms with Gasteiger partial charge in [0.2, 0.25) is 0 Å². The Bertz CT molecular complexity index is 1160. The summed E-state index contributed by atoms with van der Waals surface area (Å²) in [6.07, 6.45) is 2.76. The molecule has 1 aromatic carbocycles. The second-order valence-corrected chi connectivity index (χ2v) is 7.02. The minimum absolute atomic E-state index is 0.104. The molecule has 28 heavy (non-hydrogen) atoms. The number of anilines is 1. The highest BCUT2D eigenvalue weighted by Gasteiger charge is 2.28. The van der Waals surface area contributed by atoms with Gasteiger partial charge in [-0.1, -0.05) is 6.07 Å². The van der Waals surface area contributed by atoms with Gasteiger partial charge in [0.25, 0.3) is 11.5 Å². The van der Waals surface area contributed by atoms with Gasteiger partial charge < -0.3 is 20.7 Å². The van der Waals surface area contributed by atoms with Crippen molar-refractivity contribution in [1.29, 1.82) is 0 Å². The Morgan fingerprint density at radius 1 is 1.43 bits per heavy atom. The predicted molar refractivity (Wildman–Crippen MR) is 103 cm³/mol. The molecule has 0 aliphatic carbocycles. The molecule has 0 saturated heterocycles. The predicted octanol–water partition coefficient (Wildman–Crippen LogP) is 2.26. The van der Waals surface area contributed by atoms with Gasteiger partial charge in [-0.3, -0.25) is 9.59 Å². The highest BCUT2D eigenvalue weighted by Crippen LogP contribution is 2.35. The molecule has 0 saturated carbocycles. The number of pyridine rings is 2. The smallest absolute Gasteiger partial charge is 0.267 e. The molecular formula is C20H19FN4O3. The zero-order valence-corrected chi connectivity index (χ0v) is 15.2. The van der Waals surface area contributed by atoms with E-state index in [0.29, 0.717) is 35.3 Å². The number of hydrogen-bond donors (Lipinski definition) is 3. The maximum absolute atomic E-state index is 14.0. The van der Waals surface area contributed by atoms with Crippen LogP contribution in [0.15, 0.2) is 35.3 Å². The van der Waals surface area contributed by atoms with Crippen LogP contribution in [-0.4, -0.2) is 20.6 Å². The molecule has 3 heterocycles. The number of aromatic nitrogens is 2. The topological polar surface area (TPSA) is 110 Å².